The molecule has 8 aromatic rings. The van der Waals surface area contributed by atoms with Crippen LogP contribution in [0, 0.1) is 27.7 Å². The molecule has 0 aliphatic carbocycles. The van der Waals surface area contributed by atoms with Gasteiger partial charge < -0.3 is 36.2 Å². The highest BCUT2D eigenvalue weighted by atomic mass is 19.4. The molecule has 0 N–H and O–H groups in total. The van der Waals surface area contributed by atoms with E-state index in [2.05, 4.69) is 0 Å². The molecule has 0 atom stereocenters. The Bertz CT molecular complexity index is 3820. The number of hydrogen-bond acceptors (Lipinski definition) is 8. The summed E-state index contributed by atoms with van der Waals surface area (Å²) in [7, 11) is 0. The topological polar surface area (TPSA) is 122 Å². The van der Waals surface area contributed by atoms with Crippen molar-refractivity contribution < 1.29 is 54.5 Å². The van der Waals surface area contributed by atoms with Crippen LogP contribution in [-0.4, -0.2) is 58.0 Å². The molecule has 71 heavy (non-hydrogen) atoms. The normalized spacial score (nSPS) is 14.7. The van der Waals surface area contributed by atoms with Crippen molar-refractivity contribution in [1.29, 1.82) is 0 Å². The van der Waals surface area contributed by atoms with Crippen LogP contribution < -0.4 is 15.9 Å². The van der Waals surface area contributed by atoms with E-state index in [-0.39, 0.29) is 71.1 Å². The van der Waals surface area contributed by atoms with E-state index in [9.17, 15) is 32.3 Å². The van der Waals surface area contributed by atoms with Crippen molar-refractivity contribution in [3.8, 4) is 16.9 Å². The van der Waals surface area contributed by atoms with Crippen LogP contribution in [0.15, 0.2) is 110 Å². The maximum atomic E-state index is 17.2. The molecule has 0 unspecified atom stereocenters. The van der Waals surface area contributed by atoms with Gasteiger partial charge in [-0.3, -0.25) is 14.2 Å². The van der Waals surface area contributed by atoms with Gasteiger partial charge in [-0.25, -0.2) is 9.59 Å². The van der Waals surface area contributed by atoms with Crippen molar-refractivity contribution in [2.75, 3.05) is 19.8 Å². The molecule has 0 saturated carbocycles. The molecular formula is C54H45BF5N3O8. The summed E-state index contributed by atoms with van der Waals surface area (Å²) in [5, 5.41) is 2.89. The number of nitrogens with zero attached hydrogens (tertiary/aromatic N) is 3. The third-order valence-electron chi connectivity index (χ3n) is 13.9. The van der Waals surface area contributed by atoms with Crippen LogP contribution >= 0.6 is 0 Å². The Morgan fingerprint density at radius 1 is 0.718 bits per heavy atom. The average molecular weight is 970 g/mol. The number of carbonyl (C=O) groups is 2. The largest absolute Gasteiger partial charge is 0.737 e. The van der Waals surface area contributed by atoms with Crippen molar-refractivity contribution in [2.24, 2.45) is 0 Å². The number of fused-ring (bicyclic) bond motifs is 4. The molecule has 3 aromatic heterocycles. The molecule has 0 radical (unpaired) electrons. The van der Waals surface area contributed by atoms with Crippen LogP contribution in [-0.2, 0) is 27.0 Å². The zero-order valence-corrected chi connectivity index (χ0v) is 39.9. The van der Waals surface area contributed by atoms with E-state index in [1.54, 1.807) is 90.1 Å². The molecule has 17 heteroatoms. The second kappa shape index (κ2) is 16.7. The van der Waals surface area contributed by atoms with Gasteiger partial charge in [-0.05, 0) is 148 Å². The number of aryl methyl sites for hydroxylation is 2. The van der Waals surface area contributed by atoms with E-state index in [0.29, 0.717) is 83.0 Å². The van der Waals surface area contributed by atoms with Crippen molar-refractivity contribution in [3.05, 3.63) is 161 Å². The predicted molar refractivity (Wildman–Crippen MR) is 262 cm³/mol. The third-order valence-corrected chi connectivity index (χ3v) is 13.9. The number of aromatic nitrogens is 2. The summed E-state index contributed by atoms with van der Waals surface area (Å²) in [5.74, 6) is -1.09. The molecule has 0 amide bonds. The lowest BCUT2D eigenvalue weighted by Gasteiger charge is -2.34. The number of carbonyl (C=O) groups excluding carboxylic acids is 2. The van der Waals surface area contributed by atoms with E-state index >= 15 is 8.63 Å². The maximum Gasteiger partial charge on any atom is 0.737 e. The molecule has 11 nitrogen and oxygen atoms in total. The Labute approximate surface area is 402 Å². The number of esters is 2. The van der Waals surface area contributed by atoms with Crippen LogP contribution in [0.25, 0.3) is 60.2 Å². The first-order valence-corrected chi connectivity index (χ1v) is 23.1. The minimum absolute atomic E-state index is 0.0136. The molecule has 0 saturated heterocycles. The minimum atomic E-state index is -4.66. The van der Waals surface area contributed by atoms with Gasteiger partial charge >= 0.3 is 25.1 Å². The van der Waals surface area contributed by atoms with Crippen LogP contribution in [0.4, 0.5) is 21.8 Å². The number of ether oxygens (including phenoxy) is 3. The number of rotatable bonds is 10. The smallest absolute Gasteiger partial charge is 0.492 e. The van der Waals surface area contributed by atoms with Crippen molar-refractivity contribution in [3.63, 3.8) is 0 Å². The summed E-state index contributed by atoms with van der Waals surface area (Å²) in [5.41, 5.74) is 3.39. The van der Waals surface area contributed by atoms with E-state index in [1.165, 1.54) is 26.0 Å². The molecular weight excluding hydrogens is 924 g/mol. The van der Waals surface area contributed by atoms with Crippen LogP contribution in [0.3, 0.4) is 0 Å². The lowest BCUT2D eigenvalue weighted by molar-refractivity contribution is -0.363. The Balaban J connectivity index is 1.01. The first-order chi connectivity index (χ1) is 33.7. The van der Waals surface area contributed by atoms with Gasteiger partial charge in [0.2, 0.25) is 0 Å². The SMILES string of the molecule is CCOC(=O)C1=C(C)C2=C(c3c(C)cc(OCCn4c(=O)c5ccc6oc7ccc(-c8ccc(C(F)(F)F)cc8)cc7c7ccc(c4=O)c5c67)cc3C)c3c(C)c(C(=O)OCC)c(C)n3[B-](F)(F)[N+]2=C1C. The Morgan fingerprint density at radius 3 is 1.94 bits per heavy atom. The number of pyridine rings is 1. The number of allylic oxidation sites excluding steroid dienone is 1. The second-order valence-electron chi connectivity index (χ2n) is 18.0. The molecule has 362 valence electrons. The summed E-state index contributed by atoms with van der Waals surface area (Å²) in [4.78, 5) is 55.2. The molecule has 2 aliphatic heterocycles. The summed E-state index contributed by atoms with van der Waals surface area (Å²) in [6.07, 6.45) is -4.48. The van der Waals surface area contributed by atoms with Gasteiger partial charge in [0, 0.05) is 45.1 Å². The van der Waals surface area contributed by atoms with Gasteiger partial charge in [-0.15, -0.1) is 0 Å². The fourth-order valence-corrected chi connectivity index (χ4v) is 10.9. The summed E-state index contributed by atoms with van der Waals surface area (Å²) in [6.45, 7) is 8.19. The molecule has 5 aromatic carbocycles. The monoisotopic (exact) mass is 969 g/mol. The molecule has 2 aliphatic rings. The molecule has 0 spiro atoms. The molecule has 0 bridgehead atoms. The van der Waals surface area contributed by atoms with Gasteiger partial charge in [-0.2, -0.15) is 13.2 Å². The minimum Gasteiger partial charge on any atom is -0.492 e. The van der Waals surface area contributed by atoms with Crippen LogP contribution in [0.1, 0.15) is 77.3 Å². The fraction of sp³-hybridized carbons (Fsp3) is 0.241. The highest BCUT2D eigenvalue weighted by molar-refractivity contribution is 6.59. The summed E-state index contributed by atoms with van der Waals surface area (Å²) < 4.78 is 100. The van der Waals surface area contributed by atoms with E-state index in [4.69, 9.17) is 18.6 Å². The second-order valence-corrected chi connectivity index (χ2v) is 18.0. The zero-order chi connectivity index (χ0) is 50.7. The first-order valence-electron chi connectivity index (χ1n) is 23.1. The van der Waals surface area contributed by atoms with Crippen molar-refractivity contribution in [2.45, 2.75) is 68.1 Å². The standard InChI is InChI=1S/C54H45BF5N3O8/c1-9-68-52(66)43-28(5)48-47(49-29(6)44(53(67)69-10-2)31(8)63(49)55(59,60)62(48)30(43)7)42-26(3)23-35(24-27(42)4)70-22-21-61-50(64)37-17-16-36-39-25-33(32-11-14-34(15-12-32)54(56,57)58)13-19-40(39)71-41-20-18-38(51(61)65)45(37)46(36)41/h11-20,23-25H,9-10,21-22H2,1-8H3. The zero-order valence-electron chi connectivity index (χ0n) is 39.9. The number of hydrogen-bond donors (Lipinski definition) is 0. The average Bonchev–Trinajstić information content (AvgIpc) is 3.75. The Kier molecular flexibility index (Phi) is 11.0. The quantitative estimate of drug-likeness (QED) is 0.0437. The molecule has 0 fully saturated rings. The third kappa shape index (κ3) is 7.02. The van der Waals surface area contributed by atoms with Gasteiger partial charge in [0.15, 0.2) is 5.70 Å². The van der Waals surface area contributed by atoms with Crippen molar-refractivity contribution in [1.82, 2.24) is 9.05 Å². The lowest BCUT2D eigenvalue weighted by atomic mass is 9.81. The van der Waals surface area contributed by atoms with E-state index < -0.39 is 41.8 Å². The summed E-state index contributed by atoms with van der Waals surface area (Å²) in [6, 6.07) is 20.4. The highest BCUT2D eigenvalue weighted by Gasteiger charge is 2.58. The van der Waals surface area contributed by atoms with Crippen molar-refractivity contribution >= 4 is 73.7 Å². The van der Waals surface area contributed by atoms with Gasteiger partial charge in [-0.1, -0.05) is 24.3 Å². The van der Waals surface area contributed by atoms with Gasteiger partial charge in [0.05, 0.1) is 36.5 Å². The van der Waals surface area contributed by atoms with Crippen LogP contribution in [0.2, 0.25) is 0 Å². The fourth-order valence-electron chi connectivity index (χ4n) is 10.9. The maximum absolute atomic E-state index is 17.2. The Morgan fingerprint density at radius 2 is 1.31 bits per heavy atom. The number of halogens is 5. The number of benzene rings is 5. The van der Waals surface area contributed by atoms with E-state index in [1.807, 2.05) is 6.07 Å². The Hall–Kier alpha value is -7.82. The van der Waals surface area contributed by atoms with Gasteiger partial charge in [0.25, 0.3) is 11.1 Å². The first kappa shape index (κ1) is 46.9. The van der Waals surface area contributed by atoms with Crippen LogP contribution in [0.5, 0.6) is 5.75 Å². The molecule has 10 rings (SSSR count). The number of alkyl halides is 3. The highest BCUT2D eigenvalue weighted by Crippen LogP contribution is 2.49. The van der Waals surface area contributed by atoms with Gasteiger partial charge in [0.1, 0.15) is 34.8 Å². The van der Waals surface area contributed by atoms with E-state index in [0.717, 1.165) is 25.7 Å². The predicted octanol–water partition coefficient (Wildman–Crippen LogP) is 11.2. The lowest BCUT2D eigenvalue weighted by Crippen LogP contribution is -2.52. The molecule has 5 heterocycles. The summed E-state index contributed by atoms with van der Waals surface area (Å²) >= 11 is 0.